The van der Waals surface area contributed by atoms with Gasteiger partial charge in [-0.2, -0.15) is 4.39 Å². The van der Waals surface area contributed by atoms with Crippen molar-refractivity contribution >= 4 is 0 Å². The van der Waals surface area contributed by atoms with Crippen LogP contribution in [0.25, 0.3) is 0 Å². The Morgan fingerprint density at radius 2 is 2.19 bits per heavy atom. The summed E-state index contributed by atoms with van der Waals surface area (Å²) < 4.78 is 30.8. The highest BCUT2D eigenvalue weighted by atomic mass is 19.1. The molecule has 3 rings (SSSR count). The van der Waals surface area contributed by atoms with Crippen molar-refractivity contribution in [2.24, 2.45) is 11.7 Å². The summed E-state index contributed by atoms with van der Waals surface area (Å²) in [6.45, 7) is 2.33. The first-order chi connectivity index (χ1) is 10.2. The summed E-state index contributed by atoms with van der Waals surface area (Å²) in [5.74, 6) is 0.793. The largest absolute Gasteiger partial charge is 0.493 e. The normalized spacial score (nSPS) is 25.1. The number of halogens is 1. The topological polar surface area (TPSA) is 57.0 Å². The maximum atomic E-state index is 14.6. The third-order valence-electron chi connectivity index (χ3n) is 4.29. The number of hydrogen-bond acceptors (Lipinski definition) is 5. The summed E-state index contributed by atoms with van der Waals surface area (Å²) in [5.41, 5.74) is 6.57. The zero-order valence-electron chi connectivity index (χ0n) is 12.4. The number of fused-ring (bicyclic) bond motifs is 1. The summed E-state index contributed by atoms with van der Waals surface area (Å²) in [7, 11) is 3.50. The second kappa shape index (κ2) is 5.69. The SMILES string of the molecule is COc1c(C2CC(CN)CN2C)cc2c(c1F)OCCO2. The van der Waals surface area contributed by atoms with E-state index in [1.807, 2.05) is 13.1 Å². The van der Waals surface area contributed by atoms with E-state index in [0.717, 1.165) is 18.5 Å². The number of ether oxygens (including phenoxy) is 3. The lowest BCUT2D eigenvalue weighted by atomic mass is 9.98. The molecule has 0 aromatic heterocycles. The van der Waals surface area contributed by atoms with E-state index in [0.29, 0.717) is 31.4 Å². The Labute approximate surface area is 123 Å². The minimum atomic E-state index is -0.478. The molecule has 1 aromatic carbocycles. The van der Waals surface area contributed by atoms with Crippen molar-refractivity contribution < 1.29 is 18.6 Å². The van der Waals surface area contributed by atoms with Crippen molar-refractivity contribution in [3.63, 3.8) is 0 Å². The van der Waals surface area contributed by atoms with Gasteiger partial charge in [-0.15, -0.1) is 0 Å². The molecule has 0 amide bonds. The zero-order valence-corrected chi connectivity index (χ0v) is 12.4. The van der Waals surface area contributed by atoms with Gasteiger partial charge in [-0.1, -0.05) is 0 Å². The monoisotopic (exact) mass is 296 g/mol. The highest BCUT2D eigenvalue weighted by Gasteiger charge is 2.35. The van der Waals surface area contributed by atoms with Gasteiger partial charge in [0.05, 0.1) is 7.11 Å². The minimum absolute atomic E-state index is 0.0822. The summed E-state index contributed by atoms with van der Waals surface area (Å²) in [6, 6.07) is 1.93. The van der Waals surface area contributed by atoms with Crippen molar-refractivity contribution in [2.45, 2.75) is 12.5 Å². The van der Waals surface area contributed by atoms with Crippen LogP contribution in [0.2, 0.25) is 0 Å². The third-order valence-corrected chi connectivity index (χ3v) is 4.29. The standard InChI is InChI=1S/C15H21FN2O3/c1-18-8-9(7-17)5-11(18)10-6-12-15(21-4-3-20-12)13(16)14(10)19-2/h6,9,11H,3-5,7-8,17H2,1-2H3. The molecule has 2 N–H and O–H groups in total. The Morgan fingerprint density at radius 3 is 2.86 bits per heavy atom. The Morgan fingerprint density at radius 1 is 1.43 bits per heavy atom. The van der Waals surface area contributed by atoms with Gasteiger partial charge in [-0.05, 0) is 32.0 Å². The molecule has 2 atom stereocenters. The maximum Gasteiger partial charge on any atom is 0.211 e. The molecule has 5 nitrogen and oxygen atoms in total. The van der Waals surface area contributed by atoms with Crippen molar-refractivity contribution in [3.8, 4) is 17.2 Å². The molecular formula is C15H21FN2O3. The van der Waals surface area contributed by atoms with E-state index in [4.69, 9.17) is 19.9 Å². The van der Waals surface area contributed by atoms with Crippen LogP contribution in [-0.4, -0.2) is 45.4 Å². The number of rotatable bonds is 3. The van der Waals surface area contributed by atoms with Gasteiger partial charge < -0.3 is 19.9 Å². The van der Waals surface area contributed by atoms with Crippen LogP contribution in [-0.2, 0) is 0 Å². The van der Waals surface area contributed by atoms with Gasteiger partial charge in [0.2, 0.25) is 11.6 Å². The van der Waals surface area contributed by atoms with Gasteiger partial charge in [0.25, 0.3) is 0 Å². The number of benzene rings is 1. The summed E-state index contributed by atoms with van der Waals surface area (Å²) >= 11 is 0. The number of nitrogens with zero attached hydrogens (tertiary/aromatic N) is 1. The molecule has 1 fully saturated rings. The van der Waals surface area contributed by atoms with Crippen LogP contribution in [0.3, 0.4) is 0 Å². The molecule has 1 saturated heterocycles. The molecule has 0 saturated carbocycles. The molecule has 0 aliphatic carbocycles. The molecule has 2 unspecified atom stereocenters. The summed E-state index contributed by atoms with van der Waals surface area (Å²) in [6.07, 6.45) is 0.891. The fraction of sp³-hybridized carbons (Fsp3) is 0.600. The van der Waals surface area contributed by atoms with E-state index in [1.165, 1.54) is 7.11 Å². The predicted octanol–water partition coefficient (Wildman–Crippen LogP) is 1.56. The second-order valence-electron chi connectivity index (χ2n) is 5.63. The smallest absolute Gasteiger partial charge is 0.211 e. The van der Waals surface area contributed by atoms with Crippen LogP contribution in [0.4, 0.5) is 4.39 Å². The first-order valence-electron chi connectivity index (χ1n) is 7.22. The number of likely N-dealkylation sites (tertiary alicyclic amines) is 1. The number of nitrogens with two attached hydrogens (primary N) is 1. The Bertz CT molecular complexity index is 538. The molecule has 21 heavy (non-hydrogen) atoms. The quantitative estimate of drug-likeness (QED) is 0.917. The molecule has 116 valence electrons. The zero-order chi connectivity index (χ0) is 15.0. The lowest BCUT2D eigenvalue weighted by Gasteiger charge is -2.26. The average Bonchev–Trinajstić information content (AvgIpc) is 2.88. The molecular weight excluding hydrogens is 275 g/mol. The molecule has 6 heteroatoms. The third kappa shape index (κ3) is 2.42. The van der Waals surface area contributed by atoms with Gasteiger partial charge in [0, 0.05) is 18.2 Å². The van der Waals surface area contributed by atoms with Gasteiger partial charge in [-0.3, -0.25) is 4.90 Å². The first-order valence-corrected chi connectivity index (χ1v) is 7.22. The predicted molar refractivity (Wildman–Crippen MR) is 76.5 cm³/mol. The van der Waals surface area contributed by atoms with Crippen molar-refractivity contribution in [3.05, 3.63) is 17.4 Å². The molecule has 1 aromatic rings. The fourth-order valence-corrected chi connectivity index (χ4v) is 3.24. The molecule has 2 aliphatic rings. The minimum Gasteiger partial charge on any atom is -0.493 e. The molecule has 2 aliphatic heterocycles. The van der Waals surface area contributed by atoms with E-state index in [-0.39, 0.29) is 17.5 Å². The summed E-state index contributed by atoms with van der Waals surface area (Å²) in [4.78, 5) is 2.19. The second-order valence-corrected chi connectivity index (χ2v) is 5.63. The fourth-order valence-electron chi connectivity index (χ4n) is 3.24. The first kappa shape index (κ1) is 14.4. The lowest BCUT2D eigenvalue weighted by molar-refractivity contribution is 0.161. The average molecular weight is 296 g/mol. The number of hydrogen-bond donors (Lipinski definition) is 1. The number of methoxy groups -OCH3 is 1. The van der Waals surface area contributed by atoms with E-state index in [9.17, 15) is 4.39 Å². The maximum absolute atomic E-state index is 14.6. The van der Waals surface area contributed by atoms with Crippen molar-refractivity contribution in [2.75, 3.05) is 40.5 Å². The highest BCUT2D eigenvalue weighted by molar-refractivity contribution is 5.54. The van der Waals surface area contributed by atoms with Gasteiger partial charge in [-0.25, -0.2) is 0 Å². The van der Waals surface area contributed by atoms with Crippen molar-refractivity contribution in [1.29, 1.82) is 0 Å². The van der Waals surface area contributed by atoms with Crippen LogP contribution in [0, 0.1) is 11.7 Å². The van der Waals surface area contributed by atoms with Gasteiger partial charge in [0.1, 0.15) is 13.2 Å². The molecule has 0 bridgehead atoms. The Hall–Kier alpha value is -1.53. The van der Waals surface area contributed by atoms with E-state index in [2.05, 4.69) is 4.90 Å². The van der Waals surface area contributed by atoms with Gasteiger partial charge >= 0.3 is 0 Å². The van der Waals surface area contributed by atoms with E-state index in [1.54, 1.807) is 0 Å². The lowest BCUT2D eigenvalue weighted by Crippen LogP contribution is -2.22. The van der Waals surface area contributed by atoms with Crippen LogP contribution in [0.15, 0.2) is 6.07 Å². The molecule has 2 heterocycles. The van der Waals surface area contributed by atoms with Crippen LogP contribution >= 0.6 is 0 Å². The van der Waals surface area contributed by atoms with Gasteiger partial charge in [0.15, 0.2) is 11.5 Å². The van der Waals surface area contributed by atoms with E-state index < -0.39 is 5.82 Å². The highest BCUT2D eigenvalue weighted by Crippen LogP contribution is 2.46. The summed E-state index contributed by atoms with van der Waals surface area (Å²) in [5, 5.41) is 0. The van der Waals surface area contributed by atoms with Crippen LogP contribution in [0.1, 0.15) is 18.0 Å². The van der Waals surface area contributed by atoms with Crippen LogP contribution < -0.4 is 19.9 Å². The Kier molecular flexibility index (Phi) is 3.91. The van der Waals surface area contributed by atoms with Crippen molar-refractivity contribution in [1.82, 2.24) is 4.90 Å². The van der Waals surface area contributed by atoms with Crippen LogP contribution in [0.5, 0.6) is 17.2 Å². The molecule has 0 spiro atoms. The van der Waals surface area contributed by atoms with E-state index >= 15 is 0 Å². The molecule has 0 radical (unpaired) electrons. The Balaban J connectivity index is 2.03.